The van der Waals surface area contributed by atoms with Gasteiger partial charge in [0.15, 0.2) is 0 Å². The van der Waals surface area contributed by atoms with Crippen LogP contribution in [-0.2, 0) is 17.5 Å². The van der Waals surface area contributed by atoms with E-state index in [0.717, 1.165) is 24.1 Å². The average Bonchev–Trinajstić information content (AvgIpc) is 2.40. The van der Waals surface area contributed by atoms with Gasteiger partial charge in [-0.3, -0.25) is 9.69 Å². The van der Waals surface area contributed by atoms with Crippen molar-refractivity contribution in [3.05, 3.63) is 35.4 Å². The van der Waals surface area contributed by atoms with E-state index in [0.29, 0.717) is 19.5 Å². The number of hydrogen-bond acceptors (Lipinski definition) is 2. The largest absolute Gasteiger partial charge is 0.481 e. The summed E-state index contributed by atoms with van der Waals surface area (Å²) < 4.78 is 37.5. The molecule has 1 aliphatic heterocycles. The highest BCUT2D eigenvalue weighted by Crippen LogP contribution is 2.30. The van der Waals surface area contributed by atoms with E-state index in [1.807, 2.05) is 11.8 Å². The number of carboxylic acids is 1. The molecule has 1 aromatic rings. The number of alkyl halides is 3. The first kappa shape index (κ1) is 15.8. The first-order valence-electron chi connectivity index (χ1n) is 6.90. The van der Waals surface area contributed by atoms with Crippen molar-refractivity contribution in [1.82, 2.24) is 4.90 Å². The first-order valence-corrected chi connectivity index (χ1v) is 6.90. The van der Waals surface area contributed by atoms with Crippen LogP contribution < -0.4 is 0 Å². The maximum atomic E-state index is 12.5. The molecule has 0 radical (unpaired) electrons. The lowest BCUT2D eigenvalue weighted by molar-refractivity contribution is -0.144. The van der Waals surface area contributed by atoms with Crippen molar-refractivity contribution >= 4 is 5.97 Å². The zero-order valence-corrected chi connectivity index (χ0v) is 11.7. The van der Waals surface area contributed by atoms with Crippen molar-refractivity contribution < 1.29 is 23.1 Å². The Morgan fingerprint density at radius 2 is 1.90 bits per heavy atom. The SMILES string of the molecule is CC1CCC(C(=O)O)CN1Cc1ccc(C(F)(F)F)cc1. The van der Waals surface area contributed by atoms with Gasteiger partial charge in [0.2, 0.25) is 0 Å². The number of carbonyl (C=O) groups is 1. The van der Waals surface area contributed by atoms with Gasteiger partial charge in [0, 0.05) is 19.1 Å². The minimum absolute atomic E-state index is 0.239. The van der Waals surface area contributed by atoms with Gasteiger partial charge < -0.3 is 5.11 Å². The van der Waals surface area contributed by atoms with Crippen LogP contribution >= 0.6 is 0 Å². The number of piperidine rings is 1. The maximum Gasteiger partial charge on any atom is 0.416 e. The number of likely N-dealkylation sites (tertiary alicyclic amines) is 1. The maximum absolute atomic E-state index is 12.5. The van der Waals surface area contributed by atoms with E-state index in [1.165, 1.54) is 12.1 Å². The molecule has 0 aromatic heterocycles. The molecule has 0 bridgehead atoms. The fourth-order valence-electron chi connectivity index (χ4n) is 2.63. The van der Waals surface area contributed by atoms with Gasteiger partial charge in [-0.1, -0.05) is 12.1 Å². The summed E-state index contributed by atoms with van der Waals surface area (Å²) in [6.07, 6.45) is -2.89. The summed E-state index contributed by atoms with van der Waals surface area (Å²) in [4.78, 5) is 13.1. The fraction of sp³-hybridized carbons (Fsp3) is 0.533. The molecule has 6 heteroatoms. The lowest BCUT2D eigenvalue weighted by atomic mass is 9.93. The number of aliphatic carboxylic acids is 1. The first-order chi connectivity index (χ1) is 9.77. The summed E-state index contributed by atoms with van der Waals surface area (Å²) in [6, 6.07) is 5.29. The van der Waals surface area contributed by atoms with E-state index >= 15 is 0 Å². The minimum atomic E-state index is -4.33. The molecule has 0 saturated carbocycles. The van der Waals surface area contributed by atoms with E-state index in [1.54, 1.807) is 0 Å². The van der Waals surface area contributed by atoms with E-state index in [9.17, 15) is 18.0 Å². The third-order valence-corrected chi connectivity index (χ3v) is 4.03. The Morgan fingerprint density at radius 1 is 1.29 bits per heavy atom. The normalized spacial score (nSPS) is 24.0. The molecular formula is C15H18F3NO2. The van der Waals surface area contributed by atoms with E-state index in [-0.39, 0.29) is 6.04 Å². The number of halogens is 3. The topological polar surface area (TPSA) is 40.5 Å². The summed E-state index contributed by atoms with van der Waals surface area (Å²) >= 11 is 0. The highest BCUT2D eigenvalue weighted by Gasteiger charge is 2.31. The van der Waals surface area contributed by atoms with Gasteiger partial charge in [0.1, 0.15) is 0 Å². The predicted octanol–water partition coefficient (Wildman–Crippen LogP) is 3.39. The summed E-state index contributed by atoms with van der Waals surface area (Å²) in [6.45, 7) is 2.93. The quantitative estimate of drug-likeness (QED) is 0.930. The van der Waals surface area contributed by atoms with Crippen LogP contribution in [-0.4, -0.2) is 28.6 Å². The Hall–Kier alpha value is -1.56. The standard InChI is InChI=1S/C15H18F3NO2/c1-10-2-5-12(14(20)21)9-19(10)8-11-3-6-13(7-4-11)15(16,17)18/h3-4,6-7,10,12H,2,5,8-9H2,1H3,(H,20,21). The van der Waals surface area contributed by atoms with Gasteiger partial charge in [-0.2, -0.15) is 13.2 Å². The van der Waals surface area contributed by atoms with E-state index in [4.69, 9.17) is 5.11 Å². The molecule has 0 aliphatic carbocycles. The van der Waals surface area contributed by atoms with E-state index in [2.05, 4.69) is 0 Å². The Bertz CT molecular complexity index is 499. The molecule has 1 aromatic carbocycles. The van der Waals surface area contributed by atoms with Gasteiger partial charge >= 0.3 is 12.1 Å². The molecule has 1 aliphatic rings. The average molecular weight is 301 g/mol. The lowest BCUT2D eigenvalue weighted by Gasteiger charge is -2.36. The van der Waals surface area contributed by atoms with Crippen LogP contribution in [0.1, 0.15) is 30.9 Å². The van der Waals surface area contributed by atoms with Crippen LogP contribution in [0, 0.1) is 5.92 Å². The molecule has 116 valence electrons. The lowest BCUT2D eigenvalue weighted by Crippen LogP contribution is -2.43. The molecule has 1 fully saturated rings. The van der Waals surface area contributed by atoms with Crippen LogP contribution in [0.4, 0.5) is 13.2 Å². The molecule has 3 nitrogen and oxygen atoms in total. The third kappa shape index (κ3) is 3.97. The number of nitrogens with zero attached hydrogens (tertiary/aromatic N) is 1. The van der Waals surface area contributed by atoms with Crippen molar-refractivity contribution in [3.63, 3.8) is 0 Å². The molecule has 1 N–H and O–H groups in total. The second kappa shape index (κ2) is 6.05. The molecule has 1 saturated heterocycles. The Labute approximate surface area is 121 Å². The van der Waals surface area contributed by atoms with Crippen molar-refractivity contribution in [1.29, 1.82) is 0 Å². The summed E-state index contributed by atoms with van der Waals surface area (Å²) in [7, 11) is 0. The predicted molar refractivity (Wildman–Crippen MR) is 71.7 cm³/mol. The van der Waals surface area contributed by atoms with Crippen LogP contribution in [0.5, 0.6) is 0 Å². The molecular weight excluding hydrogens is 283 g/mol. The number of benzene rings is 1. The summed E-state index contributed by atoms with van der Waals surface area (Å²) in [5, 5.41) is 9.08. The number of carboxylic acid groups (broad SMARTS) is 1. The second-order valence-electron chi connectivity index (χ2n) is 5.59. The van der Waals surface area contributed by atoms with Crippen molar-refractivity contribution in [2.24, 2.45) is 5.92 Å². The van der Waals surface area contributed by atoms with Crippen molar-refractivity contribution in [3.8, 4) is 0 Å². The van der Waals surface area contributed by atoms with Gasteiger partial charge in [-0.05, 0) is 37.5 Å². The Kier molecular flexibility index (Phi) is 4.56. The monoisotopic (exact) mass is 301 g/mol. The smallest absolute Gasteiger partial charge is 0.416 e. The molecule has 21 heavy (non-hydrogen) atoms. The summed E-state index contributed by atoms with van der Waals surface area (Å²) in [5.74, 6) is -1.20. The molecule has 0 spiro atoms. The molecule has 2 rings (SSSR count). The zero-order valence-electron chi connectivity index (χ0n) is 11.7. The van der Waals surface area contributed by atoms with Gasteiger partial charge in [-0.15, -0.1) is 0 Å². The van der Waals surface area contributed by atoms with E-state index < -0.39 is 23.6 Å². The fourth-order valence-corrected chi connectivity index (χ4v) is 2.63. The van der Waals surface area contributed by atoms with Crippen LogP contribution in [0.2, 0.25) is 0 Å². The van der Waals surface area contributed by atoms with Crippen LogP contribution in [0.25, 0.3) is 0 Å². The molecule has 2 unspecified atom stereocenters. The van der Waals surface area contributed by atoms with Crippen LogP contribution in [0.15, 0.2) is 24.3 Å². The zero-order chi connectivity index (χ0) is 15.6. The Balaban J connectivity index is 2.04. The van der Waals surface area contributed by atoms with Crippen molar-refractivity contribution in [2.75, 3.05) is 6.54 Å². The number of hydrogen-bond donors (Lipinski definition) is 1. The number of rotatable bonds is 3. The van der Waals surface area contributed by atoms with Crippen molar-refractivity contribution in [2.45, 2.75) is 38.5 Å². The molecule has 0 amide bonds. The highest BCUT2D eigenvalue weighted by atomic mass is 19.4. The molecule has 2 atom stereocenters. The van der Waals surface area contributed by atoms with Gasteiger partial charge in [0.25, 0.3) is 0 Å². The highest BCUT2D eigenvalue weighted by molar-refractivity contribution is 5.70. The summed E-state index contributed by atoms with van der Waals surface area (Å²) in [5.41, 5.74) is 0.0993. The van der Waals surface area contributed by atoms with Gasteiger partial charge in [0.05, 0.1) is 11.5 Å². The minimum Gasteiger partial charge on any atom is -0.481 e. The second-order valence-corrected chi connectivity index (χ2v) is 5.59. The molecule has 1 heterocycles. The van der Waals surface area contributed by atoms with Gasteiger partial charge in [-0.25, -0.2) is 0 Å². The Morgan fingerprint density at radius 3 is 2.43 bits per heavy atom. The van der Waals surface area contributed by atoms with Crippen LogP contribution in [0.3, 0.4) is 0 Å². The third-order valence-electron chi connectivity index (χ3n) is 4.03.